The van der Waals surface area contributed by atoms with Crippen LogP contribution in [0, 0.1) is 5.82 Å². The number of hydroxylamine groups is 2. The van der Waals surface area contributed by atoms with Crippen molar-refractivity contribution < 1.29 is 14.0 Å². The molecule has 7 heteroatoms. The monoisotopic (exact) mass is 368 g/mol. The lowest BCUT2D eigenvalue weighted by atomic mass is 9.85. The SMILES string of the molecule is CN1O[C@H](COc2ccc(F)cc2)C[C@@]1(Cn1cncn1)c1ccccc1. The molecule has 2 aromatic carbocycles. The van der Waals surface area contributed by atoms with Gasteiger partial charge in [0.15, 0.2) is 0 Å². The van der Waals surface area contributed by atoms with Gasteiger partial charge in [0.1, 0.15) is 36.9 Å². The van der Waals surface area contributed by atoms with Crippen LogP contribution in [0.5, 0.6) is 5.75 Å². The van der Waals surface area contributed by atoms with E-state index in [-0.39, 0.29) is 17.5 Å². The van der Waals surface area contributed by atoms with Crippen LogP contribution in [-0.2, 0) is 16.9 Å². The van der Waals surface area contributed by atoms with Crippen LogP contribution in [0.3, 0.4) is 0 Å². The highest BCUT2D eigenvalue weighted by molar-refractivity contribution is 5.26. The van der Waals surface area contributed by atoms with E-state index in [1.807, 2.05) is 35.0 Å². The van der Waals surface area contributed by atoms with Crippen LogP contribution in [0.4, 0.5) is 4.39 Å². The van der Waals surface area contributed by atoms with Gasteiger partial charge in [-0.1, -0.05) is 30.3 Å². The lowest BCUT2D eigenvalue weighted by molar-refractivity contribution is -0.180. The number of rotatable bonds is 6. The normalized spacial score (nSPS) is 22.8. The number of hydrogen-bond donors (Lipinski definition) is 0. The summed E-state index contributed by atoms with van der Waals surface area (Å²) in [6.45, 7) is 0.989. The zero-order valence-corrected chi connectivity index (χ0v) is 15.0. The Morgan fingerprint density at radius 1 is 1.19 bits per heavy atom. The number of benzene rings is 2. The molecule has 4 rings (SSSR count). The van der Waals surface area contributed by atoms with Crippen molar-refractivity contribution in [2.75, 3.05) is 13.7 Å². The average molecular weight is 368 g/mol. The Kier molecular flexibility index (Phi) is 4.87. The smallest absolute Gasteiger partial charge is 0.137 e. The van der Waals surface area contributed by atoms with Gasteiger partial charge in [-0.05, 0) is 29.8 Å². The molecular formula is C20H21FN4O2. The van der Waals surface area contributed by atoms with Crippen LogP contribution in [0.1, 0.15) is 12.0 Å². The second-order valence-corrected chi connectivity index (χ2v) is 6.68. The Morgan fingerprint density at radius 3 is 2.67 bits per heavy atom. The summed E-state index contributed by atoms with van der Waals surface area (Å²) in [5, 5.41) is 6.16. The van der Waals surface area contributed by atoms with Crippen molar-refractivity contribution >= 4 is 0 Å². The second-order valence-electron chi connectivity index (χ2n) is 6.68. The predicted molar refractivity (Wildman–Crippen MR) is 97.3 cm³/mol. The second kappa shape index (κ2) is 7.46. The Hall–Kier alpha value is -2.77. The highest BCUT2D eigenvalue weighted by Gasteiger charge is 2.47. The number of hydrogen-bond acceptors (Lipinski definition) is 5. The molecule has 1 fully saturated rings. The van der Waals surface area contributed by atoms with E-state index in [4.69, 9.17) is 9.57 Å². The highest BCUT2D eigenvalue weighted by Crippen LogP contribution is 2.41. The summed E-state index contributed by atoms with van der Waals surface area (Å²) in [6, 6.07) is 16.2. The van der Waals surface area contributed by atoms with Crippen molar-refractivity contribution in [3.63, 3.8) is 0 Å². The molecule has 0 amide bonds. The molecule has 2 heterocycles. The summed E-state index contributed by atoms with van der Waals surface area (Å²) < 4.78 is 20.7. The summed E-state index contributed by atoms with van der Waals surface area (Å²) in [6.07, 6.45) is 3.84. The van der Waals surface area contributed by atoms with Crippen LogP contribution >= 0.6 is 0 Å². The Balaban J connectivity index is 1.53. The maximum atomic E-state index is 13.0. The molecule has 0 unspecified atom stereocenters. The van der Waals surface area contributed by atoms with Gasteiger partial charge in [-0.3, -0.25) is 9.52 Å². The fraction of sp³-hybridized carbons (Fsp3) is 0.300. The van der Waals surface area contributed by atoms with E-state index in [0.29, 0.717) is 18.9 Å². The Labute approximate surface area is 157 Å². The largest absolute Gasteiger partial charge is 0.491 e. The van der Waals surface area contributed by atoms with Gasteiger partial charge < -0.3 is 4.74 Å². The van der Waals surface area contributed by atoms with Crippen LogP contribution < -0.4 is 4.74 Å². The molecule has 2 atom stereocenters. The van der Waals surface area contributed by atoms with Crippen molar-refractivity contribution in [3.8, 4) is 5.75 Å². The standard InChI is InChI=1S/C20H21FN4O2/c1-24-20(13-25-15-22-14-23-25,16-5-3-2-4-6-16)11-19(27-24)12-26-18-9-7-17(21)8-10-18/h2-10,14-15,19H,11-13H2,1H3/t19-,20+/m0/s1. The van der Waals surface area contributed by atoms with Crippen molar-refractivity contribution in [3.05, 3.63) is 78.6 Å². The highest BCUT2D eigenvalue weighted by atomic mass is 19.1. The predicted octanol–water partition coefficient (Wildman–Crippen LogP) is 3.03. The number of halogens is 1. The minimum absolute atomic E-state index is 0.135. The van der Waals surface area contributed by atoms with Crippen LogP contribution in [0.25, 0.3) is 0 Å². The van der Waals surface area contributed by atoms with Gasteiger partial charge in [0.25, 0.3) is 0 Å². The molecule has 1 aliphatic heterocycles. The van der Waals surface area contributed by atoms with Gasteiger partial charge in [-0.15, -0.1) is 0 Å². The fourth-order valence-corrected chi connectivity index (χ4v) is 3.56. The first kappa shape index (κ1) is 17.6. The van der Waals surface area contributed by atoms with Gasteiger partial charge in [0.2, 0.25) is 0 Å². The first-order valence-electron chi connectivity index (χ1n) is 8.83. The third kappa shape index (κ3) is 3.70. The summed E-state index contributed by atoms with van der Waals surface area (Å²) in [5.41, 5.74) is 0.762. The summed E-state index contributed by atoms with van der Waals surface area (Å²) in [5.74, 6) is 0.339. The topological polar surface area (TPSA) is 52.4 Å². The van der Waals surface area contributed by atoms with Crippen molar-refractivity contribution in [2.45, 2.75) is 24.6 Å². The molecule has 0 radical (unpaired) electrons. The van der Waals surface area contributed by atoms with Crippen LogP contribution in [0.2, 0.25) is 0 Å². The molecule has 0 bridgehead atoms. The van der Waals surface area contributed by atoms with E-state index in [0.717, 1.165) is 12.0 Å². The van der Waals surface area contributed by atoms with E-state index >= 15 is 0 Å². The molecule has 3 aromatic rings. The molecule has 1 aliphatic rings. The lowest BCUT2D eigenvalue weighted by Gasteiger charge is -2.34. The maximum Gasteiger partial charge on any atom is 0.137 e. The average Bonchev–Trinajstić information content (AvgIpc) is 3.31. The quantitative estimate of drug-likeness (QED) is 0.669. The molecule has 1 saturated heterocycles. The number of nitrogens with zero attached hydrogens (tertiary/aromatic N) is 4. The molecule has 140 valence electrons. The minimum atomic E-state index is -0.383. The van der Waals surface area contributed by atoms with E-state index in [2.05, 4.69) is 22.2 Å². The van der Waals surface area contributed by atoms with Gasteiger partial charge in [-0.25, -0.2) is 9.37 Å². The number of ether oxygens (including phenoxy) is 1. The van der Waals surface area contributed by atoms with Crippen LogP contribution in [0.15, 0.2) is 67.3 Å². The molecular weight excluding hydrogens is 347 g/mol. The fourth-order valence-electron chi connectivity index (χ4n) is 3.56. The molecule has 0 spiro atoms. The van der Waals surface area contributed by atoms with Crippen molar-refractivity contribution in [1.29, 1.82) is 0 Å². The first-order valence-corrected chi connectivity index (χ1v) is 8.83. The van der Waals surface area contributed by atoms with Gasteiger partial charge >= 0.3 is 0 Å². The lowest BCUT2D eigenvalue weighted by Crippen LogP contribution is -2.41. The van der Waals surface area contributed by atoms with E-state index < -0.39 is 0 Å². The molecule has 0 aliphatic carbocycles. The van der Waals surface area contributed by atoms with Gasteiger partial charge in [0.05, 0.1) is 12.1 Å². The third-order valence-corrected chi connectivity index (χ3v) is 4.93. The molecule has 0 saturated carbocycles. The summed E-state index contributed by atoms with van der Waals surface area (Å²) >= 11 is 0. The Morgan fingerprint density at radius 2 is 1.96 bits per heavy atom. The maximum absolute atomic E-state index is 13.0. The third-order valence-electron chi connectivity index (χ3n) is 4.93. The number of aromatic nitrogens is 3. The molecule has 0 N–H and O–H groups in total. The number of likely N-dealkylation sites (N-methyl/N-ethyl adjacent to an activating group) is 1. The zero-order valence-electron chi connectivity index (χ0n) is 15.0. The zero-order chi connectivity index (χ0) is 18.7. The van der Waals surface area contributed by atoms with Crippen LogP contribution in [-0.4, -0.2) is 39.6 Å². The summed E-state index contributed by atoms with van der Waals surface area (Å²) in [7, 11) is 1.93. The van der Waals surface area contributed by atoms with Gasteiger partial charge in [-0.2, -0.15) is 10.2 Å². The molecule has 1 aromatic heterocycles. The molecule has 27 heavy (non-hydrogen) atoms. The first-order chi connectivity index (χ1) is 13.2. The van der Waals surface area contributed by atoms with E-state index in [9.17, 15) is 4.39 Å². The van der Waals surface area contributed by atoms with Crippen molar-refractivity contribution in [1.82, 2.24) is 19.8 Å². The summed E-state index contributed by atoms with van der Waals surface area (Å²) in [4.78, 5) is 10.2. The van der Waals surface area contributed by atoms with E-state index in [1.54, 1.807) is 18.5 Å². The van der Waals surface area contributed by atoms with Gasteiger partial charge in [0, 0.05) is 13.5 Å². The Bertz CT molecular complexity index is 857. The molecule has 6 nitrogen and oxygen atoms in total. The minimum Gasteiger partial charge on any atom is -0.491 e. The van der Waals surface area contributed by atoms with E-state index in [1.165, 1.54) is 18.5 Å². The van der Waals surface area contributed by atoms with Crippen molar-refractivity contribution in [2.24, 2.45) is 0 Å².